The van der Waals surface area contributed by atoms with Crippen molar-refractivity contribution in [2.75, 3.05) is 10.2 Å². The third-order valence-electron chi connectivity index (χ3n) is 5.66. The highest BCUT2D eigenvalue weighted by Gasteiger charge is 2.32. The first-order chi connectivity index (χ1) is 14.0. The number of carbonyl (C=O) groups excluding carboxylic acids is 2. The molecule has 0 saturated heterocycles. The number of carbonyl (C=O) groups is 2. The maximum Gasteiger partial charge on any atom is 0.268 e. The van der Waals surface area contributed by atoms with E-state index in [1.165, 1.54) is 18.6 Å². The van der Waals surface area contributed by atoms with Gasteiger partial charge in [-0.15, -0.1) is 0 Å². The molecule has 1 aliphatic heterocycles. The molecule has 2 aromatic rings. The predicted octanol–water partition coefficient (Wildman–Crippen LogP) is 4.66. The van der Waals surface area contributed by atoms with Crippen molar-refractivity contribution in [1.82, 2.24) is 0 Å². The number of benzene rings is 2. The molecule has 1 N–H and O–H groups in total. The Hall–Kier alpha value is -2.89. The average molecular weight is 396 g/mol. The number of halogens is 1. The summed E-state index contributed by atoms with van der Waals surface area (Å²) in [4.78, 5) is 27.0. The minimum Gasteiger partial charge on any atom is -0.479 e. The maximum atomic E-state index is 13.2. The predicted molar refractivity (Wildman–Crippen MR) is 109 cm³/mol. The highest BCUT2D eigenvalue weighted by atomic mass is 19.1. The zero-order valence-corrected chi connectivity index (χ0v) is 16.5. The Kier molecular flexibility index (Phi) is 5.51. The Bertz CT molecular complexity index is 907. The second kappa shape index (κ2) is 8.23. The summed E-state index contributed by atoms with van der Waals surface area (Å²) < 4.78 is 19.0. The Balaban J connectivity index is 1.58. The lowest BCUT2D eigenvalue weighted by Crippen LogP contribution is -2.44. The van der Waals surface area contributed by atoms with Gasteiger partial charge in [0.2, 0.25) is 5.91 Å². The van der Waals surface area contributed by atoms with Gasteiger partial charge in [0.15, 0.2) is 6.10 Å². The summed E-state index contributed by atoms with van der Waals surface area (Å²) in [7, 11) is 0. The molecule has 5 nitrogen and oxygen atoms in total. The fraction of sp³-hybridized carbons (Fsp3) is 0.391. The smallest absolute Gasteiger partial charge is 0.268 e. The van der Waals surface area contributed by atoms with E-state index in [0.29, 0.717) is 23.7 Å². The molecule has 0 aromatic heterocycles. The normalized spacial score (nSPS) is 19.4. The third-order valence-corrected chi connectivity index (χ3v) is 5.66. The van der Waals surface area contributed by atoms with Crippen LogP contribution in [0.25, 0.3) is 0 Å². The van der Waals surface area contributed by atoms with Gasteiger partial charge in [0.25, 0.3) is 5.91 Å². The zero-order valence-electron chi connectivity index (χ0n) is 16.5. The molecule has 152 valence electrons. The van der Waals surface area contributed by atoms with E-state index in [0.717, 1.165) is 31.2 Å². The van der Waals surface area contributed by atoms with Crippen molar-refractivity contribution in [1.29, 1.82) is 0 Å². The van der Waals surface area contributed by atoms with Crippen LogP contribution in [0.15, 0.2) is 42.5 Å². The summed E-state index contributed by atoms with van der Waals surface area (Å²) in [5.41, 5.74) is 2.07. The van der Waals surface area contributed by atoms with E-state index in [-0.39, 0.29) is 23.5 Å². The van der Waals surface area contributed by atoms with Gasteiger partial charge in [0, 0.05) is 11.6 Å². The highest BCUT2D eigenvalue weighted by molar-refractivity contribution is 6.01. The minimum atomic E-state index is -0.606. The minimum absolute atomic E-state index is 0.0335. The van der Waals surface area contributed by atoms with E-state index in [1.807, 2.05) is 0 Å². The first-order valence-corrected chi connectivity index (χ1v) is 10.2. The average Bonchev–Trinajstić information content (AvgIpc) is 2.74. The van der Waals surface area contributed by atoms with E-state index >= 15 is 0 Å². The lowest BCUT2D eigenvalue weighted by Gasteiger charge is -2.33. The first-order valence-electron chi connectivity index (χ1n) is 10.2. The quantitative estimate of drug-likeness (QED) is 0.818. The number of hydrogen-bond donors (Lipinski definition) is 1. The summed E-state index contributed by atoms with van der Waals surface area (Å²) >= 11 is 0. The van der Waals surface area contributed by atoms with E-state index in [4.69, 9.17) is 4.74 Å². The molecule has 1 atom stereocenters. The molecule has 1 aliphatic carbocycles. The van der Waals surface area contributed by atoms with Gasteiger partial charge in [-0.25, -0.2) is 4.39 Å². The van der Waals surface area contributed by atoms with Crippen molar-refractivity contribution in [3.63, 3.8) is 0 Å². The number of amides is 2. The van der Waals surface area contributed by atoms with Crippen molar-refractivity contribution in [2.45, 2.75) is 51.7 Å². The largest absolute Gasteiger partial charge is 0.479 e. The standard InChI is InChI=1S/C23H25FN2O3/c1-15-23(28)26(14-16-7-9-18(24)10-8-16)20-13-19(11-12-21(20)29-15)25-22(27)17-5-3-2-4-6-17/h7-13,15,17H,2-6,14H2,1H3,(H,25,27). The number of nitrogens with zero attached hydrogens (tertiary/aromatic N) is 1. The number of rotatable bonds is 4. The summed E-state index contributed by atoms with van der Waals surface area (Å²) in [5.74, 6) is 0.190. The molecule has 2 aliphatic rings. The molecule has 0 spiro atoms. The van der Waals surface area contributed by atoms with E-state index in [2.05, 4.69) is 5.32 Å². The van der Waals surface area contributed by atoms with Crippen molar-refractivity contribution in [2.24, 2.45) is 5.92 Å². The molecule has 1 fully saturated rings. The van der Waals surface area contributed by atoms with Gasteiger partial charge in [0.05, 0.1) is 12.2 Å². The molecule has 6 heteroatoms. The number of anilines is 2. The molecule has 29 heavy (non-hydrogen) atoms. The van der Waals surface area contributed by atoms with Crippen molar-refractivity contribution >= 4 is 23.2 Å². The zero-order chi connectivity index (χ0) is 20.4. The molecule has 2 amide bonds. The third kappa shape index (κ3) is 4.26. The molecular formula is C23H25FN2O3. The topological polar surface area (TPSA) is 58.6 Å². The van der Waals surface area contributed by atoms with Gasteiger partial charge in [-0.05, 0) is 55.7 Å². The van der Waals surface area contributed by atoms with E-state index < -0.39 is 6.10 Å². The van der Waals surface area contributed by atoms with Gasteiger partial charge in [-0.1, -0.05) is 31.4 Å². The van der Waals surface area contributed by atoms with E-state index in [9.17, 15) is 14.0 Å². The van der Waals surface area contributed by atoms with Crippen LogP contribution in [0.4, 0.5) is 15.8 Å². The highest BCUT2D eigenvalue weighted by Crippen LogP contribution is 2.37. The van der Waals surface area contributed by atoms with Crippen LogP contribution in [0.3, 0.4) is 0 Å². The maximum absolute atomic E-state index is 13.2. The molecule has 0 bridgehead atoms. The molecule has 1 unspecified atom stereocenters. The molecular weight excluding hydrogens is 371 g/mol. The Labute approximate surface area is 169 Å². The van der Waals surface area contributed by atoms with Crippen LogP contribution in [0.2, 0.25) is 0 Å². The molecule has 1 saturated carbocycles. The molecule has 0 radical (unpaired) electrons. The fourth-order valence-corrected chi connectivity index (χ4v) is 4.03. The van der Waals surface area contributed by atoms with Crippen LogP contribution in [0.5, 0.6) is 5.75 Å². The van der Waals surface area contributed by atoms with Crippen LogP contribution in [-0.2, 0) is 16.1 Å². The Morgan fingerprint density at radius 3 is 2.59 bits per heavy atom. The second-order valence-electron chi connectivity index (χ2n) is 7.82. The van der Waals surface area contributed by atoms with Crippen LogP contribution >= 0.6 is 0 Å². The van der Waals surface area contributed by atoms with Crippen LogP contribution < -0.4 is 15.0 Å². The lowest BCUT2D eigenvalue weighted by atomic mass is 9.88. The fourth-order valence-electron chi connectivity index (χ4n) is 4.03. The van der Waals surface area contributed by atoms with Crippen molar-refractivity contribution in [3.05, 3.63) is 53.8 Å². The summed E-state index contributed by atoms with van der Waals surface area (Å²) in [6.07, 6.45) is 4.62. The summed E-state index contributed by atoms with van der Waals surface area (Å²) in [5, 5.41) is 3.00. The van der Waals surface area contributed by atoms with Crippen LogP contribution in [-0.4, -0.2) is 17.9 Å². The number of nitrogens with one attached hydrogen (secondary N) is 1. The van der Waals surface area contributed by atoms with Crippen LogP contribution in [0.1, 0.15) is 44.6 Å². The monoisotopic (exact) mass is 396 g/mol. The number of ether oxygens (including phenoxy) is 1. The Morgan fingerprint density at radius 1 is 1.14 bits per heavy atom. The number of fused-ring (bicyclic) bond motifs is 1. The Morgan fingerprint density at radius 2 is 1.86 bits per heavy atom. The van der Waals surface area contributed by atoms with Gasteiger partial charge >= 0.3 is 0 Å². The molecule has 4 rings (SSSR count). The first kappa shape index (κ1) is 19.4. The second-order valence-corrected chi connectivity index (χ2v) is 7.82. The van der Waals surface area contributed by atoms with Gasteiger partial charge in [-0.3, -0.25) is 9.59 Å². The lowest BCUT2D eigenvalue weighted by molar-refractivity contribution is -0.125. The molecule has 2 aromatic carbocycles. The van der Waals surface area contributed by atoms with E-state index in [1.54, 1.807) is 42.2 Å². The summed E-state index contributed by atoms with van der Waals surface area (Å²) in [6.45, 7) is 2.02. The summed E-state index contributed by atoms with van der Waals surface area (Å²) in [6, 6.07) is 11.5. The van der Waals surface area contributed by atoms with Gasteiger partial charge in [0.1, 0.15) is 11.6 Å². The van der Waals surface area contributed by atoms with Crippen LogP contribution in [0, 0.1) is 11.7 Å². The van der Waals surface area contributed by atoms with Crippen molar-refractivity contribution in [3.8, 4) is 5.75 Å². The molecule has 1 heterocycles. The van der Waals surface area contributed by atoms with Gasteiger partial charge < -0.3 is 15.0 Å². The SMILES string of the molecule is CC1Oc2ccc(NC(=O)C3CCCCC3)cc2N(Cc2ccc(F)cc2)C1=O. The van der Waals surface area contributed by atoms with Crippen molar-refractivity contribution < 1.29 is 18.7 Å². The number of hydrogen-bond acceptors (Lipinski definition) is 3. The van der Waals surface area contributed by atoms with Gasteiger partial charge in [-0.2, -0.15) is 0 Å².